The van der Waals surface area contributed by atoms with Gasteiger partial charge in [-0.2, -0.15) is 0 Å². The Bertz CT molecular complexity index is 393. The zero-order chi connectivity index (χ0) is 9.84. The molecule has 0 spiro atoms. The molecule has 0 bridgehead atoms. The van der Waals surface area contributed by atoms with Crippen LogP contribution in [0.25, 0.3) is 5.65 Å². The van der Waals surface area contributed by atoms with Crippen molar-refractivity contribution < 1.29 is 0 Å². The fourth-order valence-electron chi connectivity index (χ4n) is 1.10. The third-order valence-electron chi connectivity index (χ3n) is 1.56. The van der Waals surface area contributed by atoms with Crippen LogP contribution >= 0.6 is 11.6 Å². The summed E-state index contributed by atoms with van der Waals surface area (Å²) in [7, 11) is 0. The van der Waals surface area contributed by atoms with Gasteiger partial charge < -0.3 is 4.40 Å². The minimum Gasteiger partial charge on any atom is -0.306 e. The van der Waals surface area contributed by atoms with E-state index in [0.717, 1.165) is 11.3 Å². The van der Waals surface area contributed by atoms with Gasteiger partial charge in [-0.05, 0) is 19.1 Å². The largest absolute Gasteiger partial charge is 0.306 e. The van der Waals surface area contributed by atoms with Gasteiger partial charge in [0, 0.05) is 12.4 Å². The van der Waals surface area contributed by atoms with Gasteiger partial charge in [-0.15, -0.1) is 0 Å². The number of nitrogens with zero attached hydrogens (tertiary/aromatic N) is 2. The second kappa shape index (κ2) is 4.28. The van der Waals surface area contributed by atoms with Crippen LogP contribution in [0.15, 0.2) is 24.5 Å². The predicted molar refractivity (Wildman–Crippen MR) is 56.3 cm³/mol. The van der Waals surface area contributed by atoms with Gasteiger partial charge in [-0.3, -0.25) is 0 Å². The number of pyridine rings is 1. The Balaban J connectivity index is 0.000000396. The van der Waals surface area contributed by atoms with Gasteiger partial charge in [0.1, 0.15) is 0 Å². The number of hydrogen-bond acceptors (Lipinski definition) is 1. The van der Waals surface area contributed by atoms with E-state index in [4.69, 9.17) is 11.6 Å². The van der Waals surface area contributed by atoms with Crippen LogP contribution in [0.1, 0.15) is 19.5 Å². The average Bonchev–Trinajstić information content (AvgIpc) is 2.51. The minimum atomic E-state index is 0.695. The summed E-state index contributed by atoms with van der Waals surface area (Å²) in [5.41, 5.74) is 1.81. The Labute approximate surface area is 83.2 Å². The molecule has 0 aliphatic carbocycles. The van der Waals surface area contributed by atoms with Crippen LogP contribution in [0.5, 0.6) is 0 Å². The monoisotopic (exact) mass is 196 g/mol. The van der Waals surface area contributed by atoms with Crippen LogP contribution in [-0.4, -0.2) is 9.38 Å². The molecule has 0 amide bonds. The van der Waals surface area contributed by atoms with Crippen LogP contribution in [0.3, 0.4) is 0 Å². The van der Waals surface area contributed by atoms with Crippen LogP contribution in [0, 0.1) is 6.92 Å². The van der Waals surface area contributed by atoms with Gasteiger partial charge in [0.15, 0.2) is 5.65 Å². The van der Waals surface area contributed by atoms with Crippen molar-refractivity contribution in [2.75, 3.05) is 0 Å². The van der Waals surface area contributed by atoms with Crippen LogP contribution in [0.2, 0.25) is 5.02 Å². The van der Waals surface area contributed by atoms with Gasteiger partial charge in [0.05, 0.1) is 10.7 Å². The Morgan fingerprint density at radius 1 is 1.38 bits per heavy atom. The molecule has 0 fully saturated rings. The van der Waals surface area contributed by atoms with E-state index in [9.17, 15) is 0 Å². The van der Waals surface area contributed by atoms with Crippen LogP contribution in [-0.2, 0) is 0 Å². The first-order chi connectivity index (χ1) is 6.27. The lowest BCUT2D eigenvalue weighted by Crippen LogP contribution is -1.80. The fourth-order valence-corrected chi connectivity index (χ4v) is 1.31. The molecule has 0 aliphatic rings. The van der Waals surface area contributed by atoms with E-state index in [2.05, 4.69) is 4.98 Å². The van der Waals surface area contributed by atoms with E-state index >= 15 is 0 Å². The maximum Gasteiger partial charge on any atom is 0.155 e. The molecule has 0 unspecified atom stereocenters. The number of fused-ring (bicyclic) bond motifs is 1. The van der Waals surface area contributed by atoms with Gasteiger partial charge in [0.25, 0.3) is 0 Å². The maximum absolute atomic E-state index is 5.89. The Morgan fingerprint density at radius 3 is 2.69 bits per heavy atom. The quantitative estimate of drug-likeness (QED) is 0.632. The summed E-state index contributed by atoms with van der Waals surface area (Å²) in [6, 6.07) is 3.74. The molecule has 3 heteroatoms. The molecule has 0 saturated heterocycles. The Morgan fingerprint density at radius 2 is 2.08 bits per heavy atom. The van der Waals surface area contributed by atoms with E-state index in [0.29, 0.717) is 5.02 Å². The highest BCUT2D eigenvalue weighted by Gasteiger charge is 1.99. The summed E-state index contributed by atoms with van der Waals surface area (Å²) in [5, 5.41) is 0.695. The van der Waals surface area contributed by atoms with Crippen molar-refractivity contribution in [3.05, 3.63) is 35.2 Å². The predicted octanol–water partition coefficient (Wildman–Crippen LogP) is 3.32. The van der Waals surface area contributed by atoms with Gasteiger partial charge >= 0.3 is 0 Å². The topological polar surface area (TPSA) is 17.3 Å². The third-order valence-corrected chi connectivity index (χ3v) is 1.85. The van der Waals surface area contributed by atoms with Gasteiger partial charge in [0.2, 0.25) is 0 Å². The molecule has 0 aliphatic heterocycles. The summed E-state index contributed by atoms with van der Waals surface area (Å²) >= 11 is 5.89. The molecular weight excluding hydrogens is 184 g/mol. The first-order valence-electron chi connectivity index (χ1n) is 4.37. The molecule has 2 nitrogen and oxygen atoms in total. The summed E-state index contributed by atoms with van der Waals surface area (Å²) in [4.78, 5) is 4.24. The van der Waals surface area contributed by atoms with Crippen molar-refractivity contribution in [2.45, 2.75) is 20.8 Å². The first kappa shape index (κ1) is 10.1. The maximum atomic E-state index is 5.89. The van der Waals surface area contributed by atoms with Crippen molar-refractivity contribution in [3.63, 3.8) is 0 Å². The Kier molecular flexibility index (Phi) is 3.32. The highest BCUT2D eigenvalue weighted by atomic mass is 35.5. The van der Waals surface area contributed by atoms with Crippen molar-refractivity contribution in [1.29, 1.82) is 0 Å². The lowest BCUT2D eigenvalue weighted by molar-refractivity contribution is 1.18. The lowest BCUT2D eigenvalue weighted by Gasteiger charge is -1.92. The zero-order valence-electron chi connectivity index (χ0n) is 8.08. The number of rotatable bonds is 0. The molecule has 2 aromatic rings. The number of aromatic nitrogens is 2. The molecule has 0 radical (unpaired) electrons. The van der Waals surface area contributed by atoms with E-state index < -0.39 is 0 Å². The molecule has 0 N–H and O–H groups in total. The Hall–Kier alpha value is -1.02. The third kappa shape index (κ3) is 2.01. The number of hydrogen-bond donors (Lipinski definition) is 0. The molecule has 0 saturated carbocycles. The van der Waals surface area contributed by atoms with E-state index in [1.54, 1.807) is 0 Å². The summed E-state index contributed by atoms with van der Waals surface area (Å²) in [6.45, 7) is 5.95. The average molecular weight is 197 g/mol. The standard InChI is InChI=1S/C8H7ClN2.C2H6/c1-6-5-11-4-2-3-7(9)8(11)10-6;1-2/h2-5H,1H3;1-2H3. The van der Waals surface area contributed by atoms with Crippen LogP contribution in [0.4, 0.5) is 0 Å². The molecule has 13 heavy (non-hydrogen) atoms. The number of halogens is 1. The second-order valence-electron chi connectivity index (χ2n) is 2.47. The second-order valence-corrected chi connectivity index (χ2v) is 2.88. The smallest absolute Gasteiger partial charge is 0.155 e. The molecule has 2 heterocycles. The normalized spacial score (nSPS) is 9.54. The zero-order valence-corrected chi connectivity index (χ0v) is 8.84. The molecule has 2 rings (SSSR count). The summed E-state index contributed by atoms with van der Waals surface area (Å²) in [6.07, 6.45) is 3.88. The van der Waals surface area contributed by atoms with Crippen LogP contribution < -0.4 is 0 Å². The molecule has 0 atom stereocenters. The molecule has 70 valence electrons. The van der Waals surface area contributed by atoms with E-state index in [1.807, 2.05) is 49.7 Å². The molecule has 0 aromatic carbocycles. The molecule has 2 aromatic heterocycles. The first-order valence-corrected chi connectivity index (χ1v) is 4.75. The SMILES string of the molecule is CC.Cc1cn2cccc(Cl)c2n1. The van der Waals surface area contributed by atoms with Gasteiger partial charge in [-0.1, -0.05) is 25.4 Å². The number of imidazole rings is 1. The fraction of sp³-hybridized carbons (Fsp3) is 0.300. The van der Waals surface area contributed by atoms with Crippen molar-refractivity contribution >= 4 is 17.2 Å². The summed E-state index contributed by atoms with van der Waals surface area (Å²) in [5.74, 6) is 0. The lowest BCUT2D eigenvalue weighted by atomic mass is 10.5. The van der Waals surface area contributed by atoms with Crippen molar-refractivity contribution in [2.24, 2.45) is 0 Å². The number of aryl methyl sites for hydroxylation is 1. The minimum absolute atomic E-state index is 0.695. The molecular formula is C10H13ClN2. The van der Waals surface area contributed by atoms with Crippen molar-refractivity contribution in [3.8, 4) is 0 Å². The highest BCUT2D eigenvalue weighted by Crippen LogP contribution is 2.15. The van der Waals surface area contributed by atoms with Crippen molar-refractivity contribution in [1.82, 2.24) is 9.38 Å². The van der Waals surface area contributed by atoms with Gasteiger partial charge in [-0.25, -0.2) is 4.98 Å². The summed E-state index contributed by atoms with van der Waals surface area (Å²) < 4.78 is 1.91. The highest BCUT2D eigenvalue weighted by molar-refractivity contribution is 6.33. The van der Waals surface area contributed by atoms with E-state index in [-0.39, 0.29) is 0 Å². The van der Waals surface area contributed by atoms with E-state index in [1.165, 1.54) is 0 Å².